The molecule has 2 fully saturated rings. The average molecular weight is 407 g/mol. The molecule has 1 unspecified atom stereocenters. The van der Waals surface area contributed by atoms with Crippen molar-refractivity contribution < 1.29 is 9.47 Å². The van der Waals surface area contributed by atoms with Crippen molar-refractivity contribution in [2.45, 2.75) is 31.9 Å². The first kappa shape index (κ1) is 21.3. The average Bonchev–Trinajstić information content (AvgIpc) is 3.27. The van der Waals surface area contributed by atoms with Crippen molar-refractivity contribution in [1.82, 2.24) is 10.6 Å². The van der Waals surface area contributed by atoms with Crippen LogP contribution < -0.4 is 15.5 Å². The van der Waals surface area contributed by atoms with Crippen molar-refractivity contribution >= 4 is 23.4 Å². The van der Waals surface area contributed by atoms with Gasteiger partial charge in [0.15, 0.2) is 5.96 Å². The molecular weight excluding hydrogens is 372 g/mol. The summed E-state index contributed by atoms with van der Waals surface area (Å²) in [6.45, 7) is 6.27. The monoisotopic (exact) mass is 406 g/mol. The molecule has 0 saturated carbocycles. The van der Waals surface area contributed by atoms with Gasteiger partial charge in [0.2, 0.25) is 0 Å². The van der Waals surface area contributed by atoms with E-state index in [4.69, 9.17) is 9.47 Å². The summed E-state index contributed by atoms with van der Waals surface area (Å²) in [5.74, 6) is 3.28. The maximum Gasteiger partial charge on any atom is 0.191 e. The minimum atomic E-state index is 0.308. The van der Waals surface area contributed by atoms with Crippen LogP contribution in [-0.4, -0.2) is 70.1 Å². The SMILES string of the molecule is CN=C(NCCCOCC1CCCO1)NCc1ccc(N2CCSCC2)cc1. The number of guanidine groups is 1. The lowest BCUT2D eigenvalue weighted by atomic mass is 10.2. The van der Waals surface area contributed by atoms with E-state index in [1.54, 1.807) is 7.05 Å². The van der Waals surface area contributed by atoms with E-state index >= 15 is 0 Å². The first-order chi connectivity index (χ1) is 13.8. The second kappa shape index (κ2) is 12.2. The number of thioether (sulfide) groups is 1. The molecule has 0 amide bonds. The van der Waals surface area contributed by atoms with Crippen LogP contribution in [0.3, 0.4) is 0 Å². The van der Waals surface area contributed by atoms with Crippen LogP contribution in [0.5, 0.6) is 0 Å². The number of nitrogens with one attached hydrogen (secondary N) is 2. The Labute approximate surface area is 173 Å². The molecule has 0 radical (unpaired) electrons. The predicted molar refractivity (Wildman–Crippen MR) is 119 cm³/mol. The molecule has 2 aliphatic rings. The van der Waals surface area contributed by atoms with Crippen molar-refractivity contribution in [3.63, 3.8) is 0 Å². The van der Waals surface area contributed by atoms with Crippen LogP contribution in [0.1, 0.15) is 24.8 Å². The highest BCUT2D eigenvalue weighted by molar-refractivity contribution is 7.99. The third kappa shape index (κ3) is 7.18. The van der Waals surface area contributed by atoms with E-state index in [9.17, 15) is 0 Å². The van der Waals surface area contributed by atoms with Gasteiger partial charge in [-0.1, -0.05) is 12.1 Å². The van der Waals surface area contributed by atoms with Gasteiger partial charge in [-0.3, -0.25) is 4.99 Å². The molecular formula is C21H34N4O2S. The Balaban J connectivity index is 1.29. The zero-order chi connectivity index (χ0) is 19.4. The second-order valence-electron chi connectivity index (χ2n) is 7.18. The molecule has 156 valence electrons. The van der Waals surface area contributed by atoms with Gasteiger partial charge in [-0.05, 0) is 37.0 Å². The van der Waals surface area contributed by atoms with Gasteiger partial charge in [0.05, 0.1) is 12.7 Å². The van der Waals surface area contributed by atoms with E-state index in [0.717, 1.165) is 71.2 Å². The molecule has 28 heavy (non-hydrogen) atoms. The molecule has 1 atom stereocenters. The minimum absolute atomic E-state index is 0.308. The maximum absolute atomic E-state index is 5.69. The van der Waals surface area contributed by atoms with E-state index < -0.39 is 0 Å². The van der Waals surface area contributed by atoms with Crippen molar-refractivity contribution in [3.05, 3.63) is 29.8 Å². The van der Waals surface area contributed by atoms with E-state index in [-0.39, 0.29) is 0 Å². The normalized spacial score (nSPS) is 20.4. The van der Waals surface area contributed by atoms with E-state index in [1.165, 1.54) is 22.8 Å². The molecule has 1 aromatic rings. The molecule has 0 aromatic heterocycles. The van der Waals surface area contributed by atoms with Crippen LogP contribution in [0.25, 0.3) is 0 Å². The molecule has 6 nitrogen and oxygen atoms in total. The third-order valence-electron chi connectivity index (χ3n) is 5.08. The topological polar surface area (TPSA) is 58.1 Å². The van der Waals surface area contributed by atoms with Crippen molar-refractivity contribution in [2.24, 2.45) is 4.99 Å². The molecule has 0 aliphatic carbocycles. The number of hydrogen-bond donors (Lipinski definition) is 2. The number of benzene rings is 1. The Bertz CT molecular complexity index is 585. The summed E-state index contributed by atoms with van der Waals surface area (Å²) in [4.78, 5) is 6.77. The van der Waals surface area contributed by atoms with Crippen molar-refractivity contribution in [3.8, 4) is 0 Å². The molecule has 1 aromatic carbocycles. The fraction of sp³-hybridized carbons (Fsp3) is 0.667. The molecule has 0 bridgehead atoms. The van der Waals surface area contributed by atoms with E-state index in [2.05, 4.69) is 44.8 Å². The number of nitrogens with zero attached hydrogens (tertiary/aromatic N) is 2. The van der Waals surface area contributed by atoms with Crippen LogP contribution in [0.15, 0.2) is 29.3 Å². The maximum atomic E-state index is 5.69. The summed E-state index contributed by atoms with van der Waals surface area (Å²) < 4.78 is 11.3. The first-order valence-corrected chi connectivity index (χ1v) is 11.6. The van der Waals surface area contributed by atoms with Crippen LogP contribution in [0, 0.1) is 0 Å². The Hall–Kier alpha value is -1.44. The Morgan fingerprint density at radius 3 is 2.79 bits per heavy atom. The lowest BCUT2D eigenvalue weighted by molar-refractivity contribution is 0.0168. The summed E-state index contributed by atoms with van der Waals surface area (Å²) in [7, 11) is 1.81. The van der Waals surface area contributed by atoms with Crippen LogP contribution in [0.4, 0.5) is 5.69 Å². The van der Waals surface area contributed by atoms with Crippen LogP contribution in [0.2, 0.25) is 0 Å². The summed E-state index contributed by atoms with van der Waals surface area (Å²) >= 11 is 2.04. The molecule has 0 spiro atoms. The quantitative estimate of drug-likeness (QED) is 0.373. The van der Waals surface area contributed by atoms with E-state index in [0.29, 0.717) is 6.10 Å². The second-order valence-corrected chi connectivity index (χ2v) is 8.41. The van der Waals surface area contributed by atoms with Gasteiger partial charge in [-0.25, -0.2) is 0 Å². The van der Waals surface area contributed by atoms with Gasteiger partial charge in [0, 0.05) is 63.6 Å². The fourth-order valence-electron chi connectivity index (χ4n) is 3.42. The number of aliphatic imine (C=N–C) groups is 1. The van der Waals surface area contributed by atoms with E-state index in [1.807, 2.05) is 11.8 Å². The first-order valence-electron chi connectivity index (χ1n) is 10.4. The van der Waals surface area contributed by atoms with Gasteiger partial charge < -0.3 is 25.0 Å². The highest BCUT2D eigenvalue weighted by Crippen LogP contribution is 2.19. The highest BCUT2D eigenvalue weighted by Gasteiger charge is 2.15. The Kier molecular flexibility index (Phi) is 9.26. The Morgan fingerprint density at radius 1 is 1.25 bits per heavy atom. The van der Waals surface area contributed by atoms with Crippen molar-refractivity contribution in [2.75, 3.05) is 62.9 Å². The zero-order valence-electron chi connectivity index (χ0n) is 17.0. The molecule has 2 N–H and O–H groups in total. The zero-order valence-corrected chi connectivity index (χ0v) is 17.8. The number of hydrogen-bond acceptors (Lipinski definition) is 5. The van der Waals surface area contributed by atoms with Crippen LogP contribution >= 0.6 is 11.8 Å². The summed E-state index contributed by atoms with van der Waals surface area (Å²) in [6, 6.07) is 8.87. The summed E-state index contributed by atoms with van der Waals surface area (Å²) in [5.41, 5.74) is 2.59. The van der Waals surface area contributed by atoms with Gasteiger partial charge >= 0.3 is 0 Å². The van der Waals surface area contributed by atoms with Gasteiger partial charge in [-0.15, -0.1) is 0 Å². The Morgan fingerprint density at radius 2 is 2.07 bits per heavy atom. The highest BCUT2D eigenvalue weighted by atomic mass is 32.2. The number of ether oxygens (including phenoxy) is 2. The summed E-state index contributed by atoms with van der Waals surface area (Å²) in [6.07, 6.45) is 3.56. The largest absolute Gasteiger partial charge is 0.379 e. The fourth-order valence-corrected chi connectivity index (χ4v) is 4.33. The van der Waals surface area contributed by atoms with Crippen molar-refractivity contribution in [1.29, 1.82) is 0 Å². The number of anilines is 1. The molecule has 2 heterocycles. The van der Waals surface area contributed by atoms with Gasteiger partial charge in [-0.2, -0.15) is 11.8 Å². The van der Waals surface area contributed by atoms with Gasteiger partial charge in [0.1, 0.15) is 0 Å². The summed E-state index contributed by atoms with van der Waals surface area (Å²) in [5, 5.41) is 6.73. The predicted octanol–water partition coefficient (Wildman–Crippen LogP) is 2.49. The molecule has 2 saturated heterocycles. The lowest BCUT2D eigenvalue weighted by Crippen LogP contribution is -2.37. The lowest BCUT2D eigenvalue weighted by Gasteiger charge is -2.28. The molecule has 2 aliphatic heterocycles. The molecule has 7 heteroatoms. The number of rotatable bonds is 9. The van der Waals surface area contributed by atoms with Crippen LogP contribution in [-0.2, 0) is 16.0 Å². The van der Waals surface area contributed by atoms with Gasteiger partial charge in [0.25, 0.3) is 0 Å². The standard InChI is InChI=1S/C21H34N4O2S/c1-22-21(23-9-3-12-26-17-20-4-2-13-27-20)24-16-18-5-7-19(8-6-18)25-10-14-28-15-11-25/h5-8,20H,2-4,9-17H2,1H3,(H2,22,23,24). The molecule has 3 rings (SSSR count). The third-order valence-corrected chi connectivity index (χ3v) is 6.02. The minimum Gasteiger partial charge on any atom is -0.379 e. The smallest absolute Gasteiger partial charge is 0.191 e.